The zero-order valence-corrected chi connectivity index (χ0v) is 7.52. The maximum Gasteiger partial charge on any atom is 0.332 e. The lowest BCUT2D eigenvalue weighted by Crippen LogP contribution is -2.98. The molecule has 0 amide bonds. The Balaban J connectivity index is 3.55. The van der Waals surface area contributed by atoms with Gasteiger partial charge in [0.15, 0.2) is 0 Å². The Morgan fingerprint density at radius 3 is 1.19 bits per heavy atom. The normalized spacial score (nSPS) is 27.9. The van der Waals surface area contributed by atoms with Gasteiger partial charge in [-0.2, -0.15) is 0 Å². The summed E-state index contributed by atoms with van der Waals surface area (Å²) in [5, 5.41) is 62.7. The smallest absolute Gasteiger partial charge is 0.332 e. The van der Waals surface area contributed by atoms with E-state index < -0.39 is 34.7 Å². The van der Waals surface area contributed by atoms with E-state index in [0.717, 1.165) is 0 Å². The molecule has 0 atom stereocenters. The van der Waals surface area contributed by atoms with Crippen molar-refractivity contribution in [2.45, 2.75) is 17.3 Å². The summed E-state index contributed by atoms with van der Waals surface area (Å²) in [7, 11) is 0. The fraction of sp³-hybridized carbons (Fsp3) is 0.667. The zero-order valence-electron chi connectivity index (χ0n) is 7.52. The van der Waals surface area contributed by atoms with Gasteiger partial charge >= 0.3 is 11.9 Å². The molecule has 9 N–H and O–H groups in total. The molecule has 1 aliphatic rings. The van der Waals surface area contributed by atoms with Crippen LogP contribution in [0, 0.1) is 5.41 Å². The average Bonchev–Trinajstić information content (AvgIpc) is 2.00. The largest absolute Gasteiger partial charge is 0.480 e. The Bertz CT molecular complexity index is 336. The highest BCUT2D eigenvalue weighted by molar-refractivity contribution is 6.03. The van der Waals surface area contributed by atoms with E-state index in [1.54, 1.807) is 0 Å². The van der Waals surface area contributed by atoms with Crippen molar-refractivity contribution in [3.63, 3.8) is 0 Å². The third-order valence-corrected chi connectivity index (χ3v) is 2.75. The van der Waals surface area contributed by atoms with Gasteiger partial charge in [0.2, 0.25) is 17.3 Å². The number of aliphatic hydroxyl groups is 5. The highest BCUT2D eigenvalue weighted by Crippen LogP contribution is 2.59. The number of carbonyl (C=O) groups is 2. The van der Waals surface area contributed by atoms with Gasteiger partial charge in [-0.25, -0.2) is 0 Å². The predicted molar refractivity (Wildman–Crippen MR) is 41.2 cm³/mol. The molecule has 92 valence electrons. The van der Waals surface area contributed by atoms with Gasteiger partial charge in [-0.15, -0.1) is 0 Å². The molecule has 0 radical (unpaired) electrons. The quantitative estimate of drug-likeness (QED) is 0.170. The zero-order chi connectivity index (χ0) is 13.2. The lowest BCUT2D eigenvalue weighted by atomic mass is 9.52. The fourth-order valence-electron chi connectivity index (χ4n) is 1.68. The van der Waals surface area contributed by atoms with Gasteiger partial charge < -0.3 is 35.7 Å². The molecule has 0 spiro atoms. The number of carboxylic acid groups (broad SMARTS) is 2. The first-order chi connectivity index (χ1) is 6.89. The van der Waals surface area contributed by atoms with Crippen molar-refractivity contribution < 1.29 is 45.3 Å². The second-order valence-electron chi connectivity index (χ2n) is 3.47. The molecule has 10 heteroatoms. The third kappa shape index (κ3) is 0.797. The molecule has 1 aliphatic carbocycles. The summed E-state index contributed by atoms with van der Waals surface area (Å²) >= 11 is 0. The summed E-state index contributed by atoms with van der Waals surface area (Å²) in [5.41, 5.74) is -2.84. The molecule has 0 heterocycles. The van der Waals surface area contributed by atoms with E-state index >= 15 is 0 Å². The lowest BCUT2D eigenvalue weighted by Gasteiger charge is -2.63. The van der Waals surface area contributed by atoms with Gasteiger partial charge in [0.1, 0.15) is 0 Å². The molecular formula is C6H9NO9. The number of hydrogen-bond donors (Lipinski definition) is 8. The lowest BCUT2D eigenvalue weighted by molar-refractivity contribution is -0.515. The summed E-state index contributed by atoms with van der Waals surface area (Å²) in [6, 6.07) is 0. The summed E-state index contributed by atoms with van der Waals surface area (Å²) in [4.78, 5) is 21.4. The maximum absolute atomic E-state index is 10.7. The number of hydrogen-bond acceptors (Lipinski definition) is 8. The van der Waals surface area contributed by atoms with Crippen LogP contribution in [-0.2, 0) is 9.59 Å². The molecule has 0 aromatic rings. The minimum Gasteiger partial charge on any atom is -0.480 e. The summed E-state index contributed by atoms with van der Waals surface area (Å²) < 4.78 is 0. The van der Waals surface area contributed by atoms with Crippen LogP contribution in [0.25, 0.3) is 0 Å². The Hall–Kier alpha value is -1.30. The number of rotatable bonds is 2. The van der Waals surface area contributed by atoms with Gasteiger partial charge in [0, 0.05) is 0 Å². The molecule has 1 saturated carbocycles. The predicted octanol–water partition coefficient (Wildman–Crippen LogP) is -4.84. The molecule has 0 aromatic heterocycles. The van der Waals surface area contributed by atoms with Gasteiger partial charge in [0.25, 0.3) is 5.41 Å². The van der Waals surface area contributed by atoms with E-state index in [1.165, 1.54) is 0 Å². The molecule has 10 nitrogen and oxygen atoms in total. The number of carboxylic acids is 2. The highest BCUT2D eigenvalue weighted by atomic mass is 16.6. The standard InChI is InChI=1S/C6H9NO9/c7-4(12)5(13,14)3(1(8)9,2(10)11)6(4,15)16/h12-16H,7H2,(H,8,9)(H,10,11). The van der Waals surface area contributed by atoms with Crippen LogP contribution in [0.5, 0.6) is 0 Å². The van der Waals surface area contributed by atoms with Gasteiger partial charge in [-0.05, 0) is 0 Å². The van der Waals surface area contributed by atoms with Crippen LogP contribution in [0.2, 0.25) is 0 Å². The van der Waals surface area contributed by atoms with Crippen LogP contribution in [0.4, 0.5) is 0 Å². The Morgan fingerprint density at radius 1 is 0.812 bits per heavy atom. The van der Waals surface area contributed by atoms with Crippen molar-refractivity contribution in [2.24, 2.45) is 11.1 Å². The summed E-state index contributed by atoms with van der Waals surface area (Å²) in [6.07, 6.45) is 0. The van der Waals surface area contributed by atoms with E-state index in [2.05, 4.69) is 5.73 Å². The number of aliphatic carboxylic acids is 2. The molecule has 16 heavy (non-hydrogen) atoms. The minimum atomic E-state index is -3.96. The Kier molecular flexibility index (Phi) is 2.14. The van der Waals surface area contributed by atoms with Crippen LogP contribution in [0.3, 0.4) is 0 Å². The van der Waals surface area contributed by atoms with Crippen LogP contribution in [0.1, 0.15) is 0 Å². The first-order valence-electron chi connectivity index (χ1n) is 3.76. The maximum atomic E-state index is 10.7. The van der Waals surface area contributed by atoms with Crippen LogP contribution in [0.15, 0.2) is 0 Å². The Labute approximate surface area is 86.8 Å². The topological polar surface area (TPSA) is 202 Å². The van der Waals surface area contributed by atoms with Crippen molar-refractivity contribution in [1.82, 2.24) is 0 Å². The van der Waals surface area contributed by atoms with Crippen LogP contribution < -0.4 is 5.73 Å². The van der Waals surface area contributed by atoms with Crippen molar-refractivity contribution in [3.8, 4) is 0 Å². The second kappa shape index (κ2) is 2.68. The van der Waals surface area contributed by atoms with E-state index in [0.29, 0.717) is 0 Å². The van der Waals surface area contributed by atoms with Gasteiger partial charge in [0.05, 0.1) is 0 Å². The van der Waals surface area contributed by atoms with Crippen molar-refractivity contribution in [1.29, 1.82) is 0 Å². The van der Waals surface area contributed by atoms with Crippen LogP contribution >= 0.6 is 0 Å². The molecule has 0 unspecified atom stereocenters. The fourth-order valence-corrected chi connectivity index (χ4v) is 1.68. The van der Waals surface area contributed by atoms with E-state index in [9.17, 15) is 9.59 Å². The van der Waals surface area contributed by atoms with Crippen LogP contribution in [-0.4, -0.2) is 65.0 Å². The number of nitrogens with two attached hydrogens (primary N) is 1. The van der Waals surface area contributed by atoms with Gasteiger partial charge in [-0.1, -0.05) is 0 Å². The summed E-state index contributed by atoms with van der Waals surface area (Å²) in [5.74, 6) is -12.9. The monoisotopic (exact) mass is 239 g/mol. The third-order valence-electron chi connectivity index (χ3n) is 2.75. The molecular weight excluding hydrogens is 230 g/mol. The first-order valence-corrected chi connectivity index (χ1v) is 3.76. The average molecular weight is 239 g/mol. The molecule has 0 bridgehead atoms. The second-order valence-corrected chi connectivity index (χ2v) is 3.47. The SMILES string of the molecule is NC1(O)C(O)(O)C(C(=O)O)(C(=O)O)C1(O)O. The highest BCUT2D eigenvalue weighted by Gasteiger charge is 2.95. The summed E-state index contributed by atoms with van der Waals surface area (Å²) in [6.45, 7) is 0. The molecule has 0 aliphatic heterocycles. The minimum absolute atomic E-state index is 2.48. The van der Waals surface area contributed by atoms with Crippen molar-refractivity contribution in [2.75, 3.05) is 0 Å². The molecule has 1 rings (SSSR count). The molecule has 1 fully saturated rings. The van der Waals surface area contributed by atoms with Gasteiger partial charge in [-0.3, -0.25) is 15.3 Å². The van der Waals surface area contributed by atoms with E-state index in [1.807, 2.05) is 0 Å². The first kappa shape index (κ1) is 12.8. The van der Waals surface area contributed by atoms with E-state index in [-0.39, 0.29) is 0 Å². The van der Waals surface area contributed by atoms with Crippen molar-refractivity contribution >= 4 is 11.9 Å². The Morgan fingerprint density at radius 2 is 1.06 bits per heavy atom. The molecule has 0 saturated heterocycles. The molecule has 0 aromatic carbocycles. The van der Waals surface area contributed by atoms with E-state index in [4.69, 9.17) is 35.7 Å². The van der Waals surface area contributed by atoms with Crippen molar-refractivity contribution in [3.05, 3.63) is 0 Å².